The Balaban J connectivity index is 2.95. The summed E-state index contributed by atoms with van der Waals surface area (Å²) in [6.07, 6.45) is 5.18. The highest BCUT2D eigenvalue weighted by atomic mass is 79.9. The van der Waals surface area contributed by atoms with E-state index in [0.717, 1.165) is 18.2 Å². The number of unbranched alkanes of at least 4 members (excludes halogenated alkanes) is 1. The summed E-state index contributed by atoms with van der Waals surface area (Å²) in [7, 11) is 0. The molecule has 18 heavy (non-hydrogen) atoms. The fourth-order valence-corrected chi connectivity index (χ4v) is 3.33. The third-order valence-corrected chi connectivity index (χ3v) is 5.25. The van der Waals surface area contributed by atoms with Gasteiger partial charge in [0.15, 0.2) is 0 Å². The van der Waals surface area contributed by atoms with Crippen LogP contribution in [0, 0.1) is 11.2 Å². The summed E-state index contributed by atoms with van der Waals surface area (Å²) in [6.45, 7) is 4.36. The summed E-state index contributed by atoms with van der Waals surface area (Å²) < 4.78 is 13.9. The van der Waals surface area contributed by atoms with Crippen LogP contribution in [0.5, 0.6) is 0 Å². The SMILES string of the molecule is CCCCC(CC)(CBr)Cc1c(F)cccc1Cl. The lowest BCUT2D eigenvalue weighted by Gasteiger charge is -2.31. The molecule has 0 spiro atoms. The van der Waals surface area contributed by atoms with E-state index in [0.29, 0.717) is 17.0 Å². The molecule has 0 bridgehead atoms. The molecule has 0 fully saturated rings. The monoisotopic (exact) mass is 334 g/mol. The Bertz CT molecular complexity index is 355. The standard InChI is InChI=1S/C15H21BrClF/c1-3-5-9-15(4-2,11-16)10-12-13(17)7-6-8-14(12)18/h6-8H,3-5,9-11H2,1-2H3. The molecule has 1 aromatic rings. The summed E-state index contributed by atoms with van der Waals surface area (Å²) in [5, 5.41) is 1.44. The van der Waals surface area contributed by atoms with Crippen molar-refractivity contribution in [1.82, 2.24) is 0 Å². The van der Waals surface area contributed by atoms with E-state index >= 15 is 0 Å². The van der Waals surface area contributed by atoms with E-state index in [4.69, 9.17) is 11.6 Å². The number of rotatable bonds is 7. The van der Waals surface area contributed by atoms with Crippen molar-refractivity contribution in [1.29, 1.82) is 0 Å². The molecular weight excluding hydrogens is 315 g/mol. The molecule has 102 valence electrons. The van der Waals surface area contributed by atoms with E-state index in [2.05, 4.69) is 29.8 Å². The molecule has 1 aromatic carbocycles. The molecule has 1 atom stereocenters. The first-order valence-corrected chi connectivity index (χ1v) is 8.07. The van der Waals surface area contributed by atoms with Gasteiger partial charge in [-0.3, -0.25) is 0 Å². The van der Waals surface area contributed by atoms with Crippen LogP contribution in [0.2, 0.25) is 5.02 Å². The molecule has 0 aliphatic heterocycles. The van der Waals surface area contributed by atoms with E-state index in [1.165, 1.54) is 18.9 Å². The summed E-state index contributed by atoms with van der Waals surface area (Å²) in [5.74, 6) is -0.183. The second-order valence-corrected chi connectivity index (χ2v) is 5.94. The Morgan fingerprint density at radius 2 is 2.06 bits per heavy atom. The minimum Gasteiger partial charge on any atom is -0.207 e. The summed E-state index contributed by atoms with van der Waals surface area (Å²) in [4.78, 5) is 0. The van der Waals surface area contributed by atoms with E-state index in [-0.39, 0.29) is 11.2 Å². The normalized spacial score (nSPS) is 14.5. The molecule has 1 rings (SSSR count). The highest BCUT2D eigenvalue weighted by Gasteiger charge is 2.28. The molecule has 0 saturated carbocycles. The zero-order chi connectivity index (χ0) is 13.6. The maximum atomic E-state index is 13.9. The van der Waals surface area contributed by atoms with Crippen molar-refractivity contribution in [2.45, 2.75) is 46.0 Å². The summed E-state index contributed by atoms with van der Waals surface area (Å²) in [6, 6.07) is 4.93. The average Bonchev–Trinajstić information content (AvgIpc) is 2.38. The lowest BCUT2D eigenvalue weighted by molar-refractivity contribution is 0.280. The van der Waals surface area contributed by atoms with Gasteiger partial charge in [-0.2, -0.15) is 0 Å². The smallest absolute Gasteiger partial charge is 0.127 e. The van der Waals surface area contributed by atoms with Crippen LogP contribution in [0.4, 0.5) is 4.39 Å². The van der Waals surface area contributed by atoms with Crippen LogP contribution in [-0.4, -0.2) is 5.33 Å². The maximum Gasteiger partial charge on any atom is 0.127 e. The quantitative estimate of drug-likeness (QED) is 0.536. The van der Waals surface area contributed by atoms with Gasteiger partial charge >= 0.3 is 0 Å². The van der Waals surface area contributed by atoms with Crippen molar-refractivity contribution in [2.24, 2.45) is 5.41 Å². The Labute approximate surface area is 123 Å². The van der Waals surface area contributed by atoms with Crippen LogP contribution in [0.3, 0.4) is 0 Å². The number of benzene rings is 1. The molecule has 0 saturated heterocycles. The van der Waals surface area contributed by atoms with Crippen molar-refractivity contribution >= 4 is 27.5 Å². The van der Waals surface area contributed by atoms with E-state index in [1.54, 1.807) is 12.1 Å². The topological polar surface area (TPSA) is 0 Å². The third-order valence-electron chi connectivity index (χ3n) is 3.71. The second-order valence-electron chi connectivity index (χ2n) is 4.97. The fourth-order valence-electron chi connectivity index (χ4n) is 2.23. The Kier molecular flexibility index (Phi) is 6.65. The van der Waals surface area contributed by atoms with Crippen LogP contribution >= 0.6 is 27.5 Å². The fraction of sp³-hybridized carbons (Fsp3) is 0.600. The van der Waals surface area contributed by atoms with Crippen molar-refractivity contribution in [3.63, 3.8) is 0 Å². The number of hydrogen-bond donors (Lipinski definition) is 0. The third kappa shape index (κ3) is 3.96. The average molecular weight is 336 g/mol. The maximum absolute atomic E-state index is 13.9. The van der Waals surface area contributed by atoms with Crippen LogP contribution in [0.1, 0.15) is 45.1 Å². The van der Waals surface area contributed by atoms with Gasteiger partial charge in [0.2, 0.25) is 0 Å². The van der Waals surface area contributed by atoms with Crippen molar-refractivity contribution in [3.05, 3.63) is 34.6 Å². The van der Waals surface area contributed by atoms with E-state index in [1.807, 2.05) is 0 Å². The largest absolute Gasteiger partial charge is 0.207 e. The zero-order valence-electron chi connectivity index (χ0n) is 11.1. The van der Waals surface area contributed by atoms with Crippen molar-refractivity contribution in [2.75, 3.05) is 5.33 Å². The molecule has 0 N–H and O–H groups in total. The molecule has 0 radical (unpaired) electrons. The first kappa shape index (κ1) is 16.0. The molecule has 0 heterocycles. The predicted octanol–water partition coefficient (Wildman–Crippen LogP) is 6.00. The van der Waals surface area contributed by atoms with E-state index in [9.17, 15) is 4.39 Å². The minimum atomic E-state index is -0.183. The van der Waals surface area contributed by atoms with Gasteiger partial charge in [0.25, 0.3) is 0 Å². The molecule has 0 nitrogen and oxygen atoms in total. The molecule has 0 amide bonds. The van der Waals surface area contributed by atoms with Crippen LogP contribution in [0.25, 0.3) is 0 Å². The summed E-state index contributed by atoms with van der Waals surface area (Å²) in [5.41, 5.74) is 0.776. The van der Waals surface area contributed by atoms with Crippen molar-refractivity contribution < 1.29 is 4.39 Å². The molecule has 3 heteroatoms. The Hall–Kier alpha value is -0.0800. The van der Waals surface area contributed by atoms with Gasteiger partial charge in [0.1, 0.15) is 5.82 Å². The first-order valence-electron chi connectivity index (χ1n) is 6.57. The van der Waals surface area contributed by atoms with Gasteiger partial charge in [-0.1, -0.05) is 60.3 Å². The Morgan fingerprint density at radius 1 is 1.33 bits per heavy atom. The molecule has 0 aliphatic carbocycles. The van der Waals surface area contributed by atoms with Gasteiger partial charge in [-0.15, -0.1) is 0 Å². The van der Waals surface area contributed by atoms with Gasteiger partial charge in [0.05, 0.1) is 0 Å². The second kappa shape index (κ2) is 7.49. The molecule has 0 aromatic heterocycles. The summed E-state index contributed by atoms with van der Waals surface area (Å²) >= 11 is 9.73. The van der Waals surface area contributed by atoms with Crippen LogP contribution in [-0.2, 0) is 6.42 Å². The highest BCUT2D eigenvalue weighted by Crippen LogP contribution is 2.37. The van der Waals surface area contributed by atoms with Gasteiger partial charge in [0, 0.05) is 15.9 Å². The van der Waals surface area contributed by atoms with Crippen molar-refractivity contribution in [3.8, 4) is 0 Å². The molecule has 0 aliphatic rings. The molecular formula is C15H21BrClF. The lowest BCUT2D eigenvalue weighted by Crippen LogP contribution is -2.25. The first-order chi connectivity index (χ1) is 8.58. The predicted molar refractivity (Wildman–Crippen MR) is 81.2 cm³/mol. The number of halogens is 3. The highest BCUT2D eigenvalue weighted by molar-refractivity contribution is 9.09. The van der Waals surface area contributed by atoms with Gasteiger partial charge < -0.3 is 0 Å². The number of alkyl halides is 1. The van der Waals surface area contributed by atoms with Gasteiger partial charge in [-0.05, 0) is 36.8 Å². The Morgan fingerprint density at radius 3 is 2.56 bits per heavy atom. The van der Waals surface area contributed by atoms with Crippen LogP contribution < -0.4 is 0 Å². The number of hydrogen-bond acceptors (Lipinski definition) is 0. The minimum absolute atomic E-state index is 0.113. The zero-order valence-corrected chi connectivity index (χ0v) is 13.5. The van der Waals surface area contributed by atoms with Gasteiger partial charge in [-0.25, -0.2) is 4.39 Å². The lowest BCUT2D eigenvalue weighted by atomic mass is 9.77. The van der Waals surface area contributed by atoms with E-state index < -0.39 is 0 Å². The van der Waals surface area contributed by atoms with Crippen LogP contribution in [0.15, 0.2) is 18.2 Å². The molecule has 1 unspecified atom stereocenters.